The van der Waals surface area contributed by atoms with Crippen molar-refractivity contribution in [3.8, 4) is 0 Å². The smallest absolute Gasteiger partial charge is 0.244 e. The summed E-state index contributed by atoms with van der Waals surface area (Å²) in [6.45, 7) is 5.68. The minimum absolute atomic E-state index is 0.0339. The first-order valence-corrected chi connectivity index (χ1v) is 23.0. The van der Waals surface area contributed by atoms with Gasteiger partial charge in [-0.15, -0.1) is 11.8 Å². The number of primary amides is 1. The molecule has 0 bridgehead atoms. The van der Waals surface area contributed by atoms with Crippen molar-refractivity contribution in [1.82, 2.24) is 63.8 Å². The van der Waals surface area contributed by atoms with Gasteiger partial charge in [-0.1, -0.05) is 0 Å². The summed E-state index contributed by atoms with van der Waals surface area (Å²) in [5, 5.41) is 60.2. The molecule has 0 saturated carbocycles. The van der Waals surface area contributed by atoms with Gasteiger partial charge in [-0.05, 0) is 65.2 Å². The number of nitrogens with one attached hydrogen (secondary N) is 16. The third-order valence-electron chi connectivity index (χ3n) is 9.40. The molecule has 0 heterocycles. The predicted octanol–water partition coefficient (Wildman–Crippen LogP) is -7.20. The summed E-state index contributed by atoms with van der Waals surface area (Å²) in [7, 11) is 0. The molecule has 0 aromatic rings. The number of carbonyl (C=O) groups is 9. The minimum Gasteiger partial charge on any atom is -0.370 e. The fraction of sp³-hybridized carbons (Fsp3) is 0.658. The summed E-state index contributed by atoms with van der Waals surface area (Å²) < 4.78 is 0. The first-order valence-electron chi connectivity index (χ1n) is 21.9. The molecule has 69 heavy (non-hydrogen) atoms. The molecule has 0 radical (unpaired) electrons. The summed E-state index contributed by atoms with van der Waals surface area (Å²) in [5.41, 5.74) is 27.0. The highest BCUT2D eigenvalue weighted by Crippen LogP contribution is 2.07. The van der Waals surface area contributed by atoms with Gasteiger partial charge in [-0.3, -0.25) is 64.8 Å². The Morgan fingerprint density at radius 1 is 0.406 bits per heavy atom. The average molecular weight is 1000 g/mol. The molecule has 30 nitrogen and oxygen atoms in total. The highest BCUT2D eigenvalue weighted by Gasteiger charge is 2.32. The Balaban J connectivity index is 6.49. The highest BCUT2D eigenvalue weighted by molar-refractivity contribution is 7.99. The van der Waals surface area contributed by atoms with Crippen molar-refractivity contribution in [3.63, 3.8) is 0 Å². The molecule has 1 unspecified atom stereocenters. The molecule has 0 saturated heterocycles. The monoisotopic (exact) mass is 1000 g/mol. The molecule has 0 aliphatic heterocycles. The number of hydrogen-bond donors (Lipinski definition) is 21. The van der Waals surface area contributed by atoms with E-state index in [0.717, 1.165) is 11.8 Å². The van der Waals surface area contributed by atoms with Crippen molar-refractivity contribution in [1.29, 1.82) is 21.6 Å². The molecular formula is C38H73N21O9S. The summed E-state index contributed by atoms with van der Waals surface area (Å²) in [6.07, 6.45) is 0.588. The van der Waals surface area contributed by atoms with Gasteiger partial charge in [0.2, 0.25) is 53.2 Å². The van der Waals surface area contributed by atoms with E-state index < -0.39 is 89.6 Å². The van der Waals surface area contributed by atoms with E-state index in [9.17, 15) is 43.2 Å². The molecule has 26 N–H and O–H groups in total. The first-order chi connectivity index (χ1) is 32.3. The van der Waals surface area contributed by atoms with Crippen LogP contribution in [-0.2, 0) is 43.2 Å². The second-order valence-electron chi connectivity index (χ2n) is 15.5. The van der Waals surface area contributed by atoms with Gasteiger partial charge in [0, 0.05) is 45.8 Å². The van der Waals surface area contributed by atoms with Crippen LogP contribution >= 0.6 is 11.8 Å². The van der Waals surface area contributed by atoms with Crippen LogP contribution in [0.4, 0.5) is 0 Å². The summed E-state index contributed by atoms with van der Waals surface area (Å²) in [6, 6.07) is -8.89. The third kappa shape index (κ3) is 29.8. The molecule has 0 spiro atoms. The van der Waals surface area contributed by atoms with Gasteiger partial charge >= 0.3 is 0 Å². The van der Waals surface area contributed by atoms with Crippen LogP contribution in [0.25, 0.3) is 0 Å². The maximum Gasteiger partial charge on any atom is 0.244 e. The van der Waals surface area contributed by atoms with E-state index in [4.69, 9.17) is 50.3 Å². The van der Waals surface area contributed by atoms with Crippen molar-refractivity contribution in [2.45, 2.75) is 121 Å². The van der Waals surface area contributed by atoms with Crippen molar-refractivity contribution >= 4 is 88.8 Å². The largest absolute Gasteiger partial charge is 0.370 e. The van der Waals surface area contributed by atoms with E-state index in [1.807, 2.05) is 0 Å². The quantitative estimate of drug-likeness (QED) is 0.0123. The molecule has 0 fully saturated rings. The van der Waals surface area contributed by atoms with Gasteiger partial charge in [-0.2, -0.15) is 0 Å². The van der Waals surface area contributed by atoms with Gasteiger partial charge < -0.3 is 92.5 Å². The molecule has 0 rings (SSSR count). The molecule has 31 heteroatoms. The lowest BCUT2D eigenvalue weighted by molar-refractivity contribution is -0.135. The number of amides is 9. The van der Waals surface area contributed by atoms with Crippen molar-refractivity contribution < 1.29 is 43.2 Å². The lowest BCUT2D eigenvalue weighted by Gasteiger charge is -2.27. The fourth-order valence-electron chi connectivity index (χ4n) is 5.86. The summed E-state index contributed by atoms with van der Waals surface area (Å²) >= 11 is 1.14. The zero-order valence-corrected chi connectivity index (χ0v) is 40.2. The van der Waals surface area contributed by atoms with Crippen LogP contribution in [-0.4, -0.2) is 157 Å². The van der Waals surface area contributed by atoms with Crippen molar-refractivity contribution in [3.05, 3.63) is 0 Å². The number of nitrogens with two attached hydrogens (primary N) is 5. The Hall–Kier alpha value is -7.34. The second kappa shape index (κ2) is 34.0. The lowest BCUT2D eigenvalue weighted by Crippen LogP contribution is -2.59. The summed E-state index contributed by atoms with van der Waals surface area (Å²) in [4.78, 5) is 117. The number of thioether (sulfide) groups is 1. The van der Waals surface area contributed by atoms with E-state index in [2.05, 4.69) is 63.8 Å². The Kier molecular flexibility index (Phi) is 30.4. The van der Waals surface area contributed by atoms with Crippen LogP contribution in [0.15, 0.2) is 0 Å². The van der Waals surface area contributed by atoms with Crippen LogP contribution in [0.5, 0.6) is 0 Å². The molecule has 0 aliphatic carbocycles. The van der Waals surface area contributed by atoms with E-state index in [1.54, 1.807) is 0 Å². The molecule has 0 aliphatic rings. The molecule has 390 valence electrons. The topological polar surface area (TPSA) is 523 Å². The number of guanidine groups is 4. The maximum absolute atomic E-state index is 14.1. The van der Waals surface area contributed by atoms with Crippen LogP contribution < -0.4 is 92.5 Å². The fourth-order valence-corrected chi connectivity index (χ4v) is 6.76. The predicted molar refractivity (Wildman–Crippen MR) is 257 cm³/mol. The third-order valence-corrected chi connectivity index (χ3v) is 10.3. The van der Waals surface area contributed by atoms with Crippen LogP contribution in [0.2, 0.25) is 0 Å². The standard InChI is InChI=1S/C38H73N21O9S/c1-19(29(63)56-23(28(39)62)9-5-13-48-35(40)41)53-31(65)24(10-6-14-49-36(42)43)58-33(67)26(12-8-16-51-38(46)47)59-32(66)25(11-7-15-50-37(44)45)57-30(64)20(2)54-34(68)27(55-22(4)61)17-69-18-52-21(3)60/h19-20,23-27H,5-18H2,1-4H3,(H2,39,62)(H,52,60)(H,53,65)(H,54,68)(H,55,61)(H,56,63)(H,57,64)(H,58,67)(H,59,66)(H4,40,41,48)(H4,42,43,49)(H4,44,45,50)(H4,46,47,51)/t19-,20-,23?,24-,25-,26-,27-/m1/s1. The molecule has 0 aromatic carbocycles. The van der Waals surface area contributed by atoms with Crippen LogP contribution in [0.1, 0.15) is 79.1 Å². The number of rotatable bonds is 34. The lowest BCUT2D eigenvalue weighted by atomic mass is 10.0. The zero-order chi connectivity index (χ0) is 52.6. The van der Waals surface area contributed by atoms with E-state index in [0.29, 0.717) is 6.42 Å². The van der Waals surface area contributed by atoms with Gasteiger partial charge in [-0.25, -0.2) is 0 Å². The normalized spacial score (nSPS) is 13.6. The Bertz CT molecular complexity index is 1810. The average Bonchev–Trinajstić information content (AvgIpc) is 3.24. The number of carbonyl (C=O) groups excluding carboxylic acids is 9. The van der Waals surface area contributed by atoms with Gasteiger partial charge in [0.1, 0.15) is 42.3 Å². The van der Waals surface area contributed by atoms with Crippen LogP contribution in [0.3, 0.4) is 0 Å². The maximum atomic E-state index is 14.1. The van der Waals surface area contributed by atoms with Crippen molar-refractivity contribution in [2.24, 2.45) is 28.7 Å². The minimum atomic E-state index is -1.40. The Morgan fingerprint density at radius 2 is 0.710 bits per heavy atom. The number of hydrogen-bond acceptors (Lipinski definition) is 14. The molecular weight excluding hydrogens is 927 g/mol. The summed E-state index contributed by atoms with van der Waals surface area (Å²) in [5.74, 6) is -7.81. The highest BCUT2D eigenvalue weighted by atomic mass is 32.2. The SMILES string of the molecule is CC(=O)NCSC[C@@H](NC(C)=O)C(=O)N[C@H](C)C(=O)N[C@H](CCCNC(=N)N)C(=O)N[C@H](CCCNC(=N)N)C(=O)N[C@H](CCCNC(=N)N)C(=O)N[C@H](C)C(=O)NC(CCCNC(=N)N)C(N)=O. The Morgan fingerprint density at radius 3 is 1.03 bits per heavy atom. The molecule has 0 aromatic heterocycles. The van der Waals surface area contributed by atoms with E-state index in [-0.39, 0.29) is 112 Å². The van der Waals surface area contributed by atoms with Crippen molar-refractivity contribution in [2.75, 3.05) is 37.8 Å². The van der Waals surface area contributed by atoms with Gasteiger partial charge in [0.15, 0.2) is 23.8 Å². The zero-order valence-electron chi connectivity index (χ0n) is 39.4. The first kappa shape index (κ1) is 61.7. The molecule has 9 amide bonds. The van der Waals surface area contributed by atoms with Gasteiger partial charge in [0.05, 0.1) is 5.88 Å². The van der Waals surface area contributed by atoms with Crippen LogP contribution in [0, 0.1) is 21.6 Å². The van der Waals surface area contributed by atoms with E-state index >= 15 is 0 Å². The molecule has 7 atom stereocenters. The second-order valence-corrected chi connectivity index (χ2v) is 16.6. The van der Waals surface area contributed by atoms with E-state index in [1.165, 1.54) is 27.7 Å². The Labute approximate surface area is 404 Å². The van der Waals surface area contributed by atoms with Gasteiger partial charge in [0.25, 0.3) is 0 Å².